The van der Waals surface area contributed by atoms with Gasteiger partial charge in [-0.05, 0) is 53.2 Å². The van der Waals surface area contributed by atoms with Crippen LogP contribution >= 0.6 is 0 Å². The minimum atomic E-state index is -0.613. The fraction of sp³-hybridized carbons (Fsp3) is 0.500. The molecule has 0 saturated carbocycles. The zero-order valence-electron chi connectivity index (χ0n) is 14.8. The Hall–Kier alpha value is -2.37. The monoisotopic (exact) mass is 332 g/mol. The van der Waals surface area contributed by atoms with Crippen molar-refractivity contribution in [3.05, 3.63) is 35.4 Å². The highest BCUT2D eigenvalue weighted by molar-refractivity contribution is 6.21. The summed E-state index contributed by atoms with van der Waals surface area (Å²) >= 11 is 0. The number of carbonyl (C=O) groups is 3. The van der Waals surface area contributed by atoms with E-state index in [1.54, 1.807) is 45.0 Å². The minimum Gasteiger partial charge on any atom is -0.444 e. The molecule has 0 spiro atoms. The first-order valence-electron chi connectivity index (χ1n) is 7.96. The fourth-order valence-electron chi connectivity index (χ4n) is 2.48. The highest BCUT2D eigenvalue weighted by atomic mass is 16.6. The topological polar surface area (TPSA) is 75.7 Å². The van der Waals surface area contributed by atoms with Crippen LogP contribution in [0.2, 0.25) is 0 Å². The predicted molar refractivity (Wildman–Crippen MR) is 89.9 cm³/mol. The van der Waals surface area contributed by atoms with Crippen LogP contribution in [0.3, 0.4) is 0 Å². The largest absolute Gasteiger partial charge is 0.444 e. The second kappa shape index (κ2) is 6.26. The normalized spacial score (nSPS) is 14.6. The van der Waals surface area contributed by atoms with Crippen LogP contribution in [0.15, 0.2) is 24.3 Å². The Morgan fingerprint density at radius 2 is 1.54 bits per heavy atom. The number of nitrogens with one attached hydrogen (secondary N) is 1. The summed E-state index contributed by atoms with van der Waals surface area (Å²) in [7, 11) is 0. The van der Waals surface area contributed by atoms with Crippen molar-refractivity contribution >= 4 is 17.9 Å². The molecule has 24 heavy (non-hydrogen) atoms. The molecule has 1 aromatic carbocycles. The average Bonchev–Trinajstić information content (AvgIpc) is 2.67. The Morgan fingerprint density at radius 3 is 2.00 bits per heavy atom. The van der Waals surface area contributed by atoms with Gasteiger partial charge in [0.05, 0.1) is 11.1 Å². The zero-order chi connectivity index (χ0) is 18.1. The Morgan fingerprint density at radius 1 is 1.04 bits per heavy atom. The third kappa shape index (κ3) is 4.13. The smallest absolute Gasteiger partial charge is 0.408 e. The Kier molecular flexibility index (Phi) is 4.69. The van der Waals surface area contributed by atoms with Crippen molar-refractivity contribution in [2.45, 2.75) is 52.2 Å². The van der Waals surface area contributed by atoms with Crippen molar-refractivity contribution in [3.63, 3.8) is 0 Å². The first-order valence-corrected chi connectivity index (χ1v) is 7.96. The third-order valence-corrected chi connectivity index (χ3v) is 3.68. The summed E-state index contributed by atoms with van der Waals surface area (Å²) in [4.78, 5) is 37.8. The van der Waals surface area contributed by atoms with Crippen molar-refractivity contribution in [2.75, 3.05) is 6.54 Å². The lowest BCUT2D eigenvalue weighted by Crippen LogP contribution is -2.48. The number of alkyl carbamates (subject to hydrolysis) is 1. The van der Waals surface area contributed by atoms with Crippen LogP contribution in [0.5, 0.6) is 0 Å². The predicted octanol–water partition coefficient (Wildman–Crippen LogP) is 2.98. The number of imide groups is 1. The molecule has 2 rings (SSSR count). The summed E-state index contributed by atoms with van der Waals surface area (Å²) in [6.45, 7) is 9.26. The quantitative estimate of drug-likeness (QED) is 0.860. The molecule has 0 radical (unpaired) electrons. The number of carbonyl (C=O) groups excluding carboxylic acids is 3. The van der Waals surface area contributed by atoms with E-state index in [1.165, 1.54) is 4.90 Å². The Labute approximate surface area is 142 Å². The van der Waals surface area contributed by atoms with E-state index in [0.717, 1.165) is 0 Å². The lowest BCUT2D eigenvalue weighted by Gasteiger charge is -2.29. The van der Waals surface area contributed by atoms with Gasteiger partial charge in [-0.1, -0.05) is 12.1 Å². The van der Waals surface area contributed by atoms with E-state index >= 15 is 0 Å². The van der Waals surface area contributed by atoms with E-state index < -0.39 is 17.2 Å². The summed E-state index contributed by atoms with van der Waals surface area (Å²) in [6.07, 6.45) is -0.0904. The molecule has 0 atom stereocenters. The first kappa shape index (κ1) is 18.0. The number of rotatable bonds is 4. The number of hydrogen-bond acceptors (Lipinski definition) is 4. The molecule has 3 amide bonds. The molecule has 1 aliphatic rings. The lowest BCUT2D eigenvalue weighted by molar-refractivity contribution is 0.0462. The van der Waals surface area contributed by atoms with E-state index in [2.05, 4.69) is 5.32 Å². The van der Waals surface area contributed by atoms with E-state index in [4.69, 9.17) is 4.74 Å². The van der Waals surface area contributed by atoms with Crippen molar-refractivity contribution in [1.29, 1.82) is 0 Å². The van der Waals surface area contributed by atoms with Gasteiger partial charge in [-0.3, -0.25) is 14.5 Å². The van der Waals surface area contributed by atoms with Gasteiger partial charge in [-0.25, -0.2) is 4.79 Å². The SMILES string of the molecule is CC(C)(CCN1C(=O)c2ccccc2C1=O)NC(=O)OC(C)(C)C. The van der Waals surface area contributed by atoms with Crippen LogP contribution in [0.25, 0.3) is 0 Å². The highest BCUT2D eigenvalue weighted by Crippen LogP contribution is 2.23. The zero-order valence-corrected chi connectivity index (χ0v) is 14.8. The number of nitrogens with zero attached hydrogens (tertiary/aromatic N) is 1. The number of amides is 3. The second-order valence-corrected chi connectivity index (χ2v) is 7.57. The third-order valence-electron chi connectivity index (χ3n) is 3.68. The molecule has 0 bridgehead atoms. The number of hydrogen-bond donors (Lipinski definition) is 1. The van der Waals surface area contributed by atoms with E-state index in [0.29, 0.717) is 17.5 Å². The van der Waals surface area contributed by atoms with Gasteiger partial charge in [0.2, 0.25) is 0 Å². The molecule has 0 unspecified atom stereocenters. The molecule has 0 aromatic heterocycles. The molecule has 1 heterocycles. The summed E-state index contributed by atoms with van der Waals surface area (Å²) in [6, 6.07) is 6.78. The van der Waals surface area contributed by atoms with Gasteiger partial charge in [-0.15, -0.1) is 0 Å². The first-order chi connectivity index (χ1) is 11.0. The molecule has 0 aliphatic carbocycles. The Bertz CT molecular complexity index is 639. The summed E-state index contributed by atoms with van der Waals surface area (Å²) in [5.41, 5.74) is -0.332. The van der Waals surface area contributed by atoms with Gasteiger partial charge < -0.3 is 10.1 Å². The lowest BCUT2D eigenvalue weighted by atomic mass is 10.0. The fourth-order valence-corrected chi connectivity index (χ4v) is 2.48. The van der Waals surface area contributed by atoms with Gasteiger partial charge in [0.25, 0.3) is 11.8 Å². The van der Waals surface area contributed by atoms with Crippen molar-refractivity contribution in [1.82, 2.24) is 10.2 Å². The molecule has 1 aliphatic heterocycles. The second-order valence-electron chi connectivity index (χ2n) is 7.57. The number of fused-ring (bicyclic) bond motifs is 1. The van der Waals surface area contributed by atoms with Gasteiger partial charge in [0.15, 0.2) is 0 Å². The van der Waals surface area contributed by atoms with Gasteiger partial charge in [-0.2, -0.15) is 0 Å². The maximum absolute atomic E-state index is 12.3. The van der Waals surface area contributed by atoms with Crippen LogP contribution in [-0.4, -0.2) is 40.5 Å². The average molecular weight is 332 g/mol. The Balaban J connectivity index is 1.97. The molecule has 6 heteroatoms. The maximum atomic E-state index is 12.3. The van der Waals surface area contributed by atoms with Crippen LogP contribution in [0.1, 0.15) is 61.8 Å². The van der Waals surface area contributed by atoms with Gasteiger partial charge in [0.1, 0.15) is 5.60 Å². The standard InChI is InChI=1S/C18H24N2O4/c1-17(2,3)24-16(23)19-18(4,5)10-11-20-14(21)12-8-6-7-9-13(12)15(20)22/h6-9H,10-11H2,1-5H3,(H,19,23). The summed E-state index contributed by atoms with van der Waals surface area (Å²) < 4.78 is 5.24. The molecule has 1 N–H and O–H groups in total. The maximum Gasteiger partial charge on any atom is 0.408 e. The molecule has 130 valence electrons. The van der Waals surface area contributed by atoms with E-state index in [1.807, 2.05) is 13.8 Å². The van der Waals surface area contributed by atoms with Crippen molar-refractivity contribution in [2.24, 2.45) is 0 Å². The molecular weight excluding hydrogens is 308 g/mol. The minimum absolute atomic E-state index is 0.231. The van der Waals surface area contributed by atoms with Crippen LogP contribution in [-0.2, 0) is 4.74 Å². The number of benzene rings is 1. The van der Waals surface area contributed by atoms with Crippen molar-refractivity contribution in [3.8, 4) is 0 Å². The van der Waals surface area contributed by atoms with Crippen LogP contribution in [0.4, 0.5) is 4.79 Å². The summed E-state index contributed by atoms with van der Waals surface area (Å²) in [5, 5.41) is 2.78. The van der Waals surface area contributed by atoms with Gasteiger partial charge in [0, 0.05) is 12.1 Å². The summed E-state index contributed by atoms with van der Waals surface area (Å²) in [5.74, 6) is -0.577. The van der Waals surface area contributed by atoms with Crippen molar-refractivity contribution < 1.29 is 19.1 Å². The number of ether oxygens (including phenoxy) is 1. The molecular formula is C18H24N2O4. The molecule has 0 fully saturated rings. The molecule has 6 nitrogen and oxygen atoms in total. The van der Waals surface area contributed by atoms with Crippen LogP contribution < -0.4 is 5.32 Å². The molecule has 0 saturated heterocycles. The van der Waals surface area contributed by atoms with E-state index in [9.17, 15) is 14.4 Å². The van der Waals surface area contributed by atoms with Crippen LogP contribution in [0, 0.1) is 0 Å². The van der Waals surface area contributed by atoms with Gasteiger partial charge >= 0.3 is 6.09 Å². The highest BCUT2D eigenvalue weighted by Gasteiger charge is 2.36. The molecule has 1 aromatic rings. The van der Waals surface area contributed by atoms with E-state index in [-0.39, 0.29) is 18.4 Å².